The van der Waals surface area contributed by atoms with Gasteiger partial charge in [-0.05, 0) is 17.7 Å². The smallest absolute Gasteiger partial charge is 0.161 e. The SMILES string of the molecule is OCC(O)CNCC(O)c1ccc2c(c1)OCCO2. The predicted molar refractivity (Wildman–Crippen MR) is 68.4 cm³/mol. The maximum atomic E-state index is 10.0. The summed E-state index contributed by atoms with van der Waals surface area (Å²) in [6.07, 6.45) is -1.52. The summed E-state index contributed by atoms with van der Waals surface area (Å²) in [6, 6.07) is 5.31. The Morgan fingerprint density at radius 3 is 2.58 bits per heavy atom. The molecule has 19 heavy (non-hydrogen) atoms. The van der Waals surface area contributed by atoms with Crippen molar-refractivity contribution in [3.63, 3.8) is 0 Å². The highest BCUT2D eigenvalue weighted by Gasteiger charge is 2.15. The fourth-order valence-corrected chi connectivity index (χ4v) is 1.84. The minimum atomic E-state index is -0.813. The quantitative estimate of drug-likeness (QED) is 0.553. The van der Waals surface area contributed by atoms with Crippen LogP contribution in [0, 0.1) is 0 Å². The molecule has 1 aromatic carbocycles. The number of hydrogen-bond acceptors (Lipinski definition) is 6. The molecule has 0 aromatic heterocycles. The molecule has 1 heterocycles. The highest BCUT2D eigenvalue weighted by molar-refractivity contribution is 5.44. The second kappa shape index (κ2) is 6.72. The van der Waals surface area contributed by atoms with Crippen LogP contribution in [0.25, 0.3) is 0 Å². The first kappa shape index (κ1) is 14.1. The number of nitrogens with one attached hydrogen (secondary N) is 1. The van der Waals surface area contributed by atoms with Gasteiger partial charge in [0.25, 0.3) is 0 Å². The summed E-state index contributed by atoms with van der Waals surface area (Å²) in [4.78, 5) is 0. The van der Waals surface area contributed by atoms with Crippen LogP contribution in [0.5, 0.6) is 11.5 Å². The van der Waals surface area contributed by atoms with Gasteiger partial charge in [-0.1, -0.05) is 6.07 Å². The molecule has 0 bridgehead atoms. The lowest BCUT2D eigenvalue weighted by molar-refractivity contribution is 0.0890. The fourth-order valence-electron chi connectivity index (χ4n) is 1.84. The van der Waals surface area contributed by atoms with E-state index < -0.39 is 12.2 Å². The first-order valence-corrected chi connectivity index (χ1v) is 6.28. The number of aliphatic hydroxyl groups is 3. The van der Waals surface area contributed by atoms with Gasteiger partial charge >= 0.3 is 0 Å². The summed E-state index contributed by atoms with van der Waals surface area (Å²) in [6.45, 7) is 1.27. The van der Waals surface area contributed by atoms with Crippen molar-refractivity contribution in [2.45, 2.75) is 12.2 Å². The van der Waals surface area contributed by atoms with E-state index in [9.17, 15) is 5.11 Å². The van der Waals surface area contributed by atoms with Crippen molar-refractivity contribution in [3.8, 4) is 11.5 Å². The van der Waals surface area contributed by atoms with Gasteiger partial charge in [0.05, 0.1) is 18.8 Å². The first-order chi connectivity index (χ1) is 9.20. The maximum absolute atomic E-state index is 10.0. The van der Waals surface area contributed by atoms with Crippen molar-refractivity contribution in [2.24, 2.45) is 0 Å². The van der Waals surface area contributed by atoms with Crippen LogP contribution in [0.1, 0.15) is 11.7 Å². The first-order valence-electron chi connectivity index (χ1n) is 6.28. The molecule has 2 rings (SSSR count). The number of fused-ring (bicyclic) bond motifs is 1. The Morgan fingerprint density at radius 2 is 1.84 bits per heavy atom. The van der Waals surface area contributed by atoms with Crippen LogP contribution in [0.2, 0.25) is 0 Å². The Balaban J connectivity index is 1.90. The third-order valence-electron chi connectivity index (χ3n) is 2.88. The van der Waals surface area contributed by atoms with Gasteiger partial charge in [0, 0.05) is 13.1 Å². The van der Waals surface area contributed by atoms with Gasteiger partial charge in [-0.2, -0.15) is 0 Å². The van der Waals surface area contributed by atoms with E-state index in [2.05, 4.69) is 5.32 Å². The topological polar surface area (TPSA) is 91.2 Å². The van der Waals surface area contributed by atoms with Crippen LogP contribution in [0.3, 0.4) is 0 Å². The zero-order valence-corrected chi connectivity index (χ0v) is 10.6. The van der Waals surface area contributed by atoms with Crippen molar-refractivity contribution in [2.75, 3.05) is 32.9 Å². The Bertz CT molecular complexity index is 412. The largest absolute Gasteiger partial charge is 0.486 e. The molecule has 2 atom stereocenters. The molecule has 2 unspecified atom stereocenters. The summed E-state index contributed by atoms with van der Waals surface area (Å²) in [5.74, 6) is 1.32. The molecule has 1 aromatic rings. The average Bonchev–Trinajstić information content (AvgIpc) is 2.46. The Morgan fingerprint density at radius 1 is 1.11 bits per heavy atom. The van der Waals surface area contributed by atoms with Crippen molar-refractivity contribution >= 4 is 0 Å². The lowest BCUT2D eigenvalue weighted by Crippen LogP contribution is -2.32. The molecule has 0 radical (unpaired) electrons. The minimum Gasteiger partial charge on any atom is -0.486 e. The average molecular weight is 269 g/mol. The maximum Gasteiger partial charge on any atom is 0.161 e. The molecule has 0 saturated heterocycles. The van der Waals surface area contributed by atoms with Gasteiger partial charge in [0.1, 0.15) is 13.2 Å². The van der Waals surface area contributed by atoms with Gasteiger partial charge in [-0.25, -0.2) is 0 Å². The number of hydrogen-bond donors (Lipinski definition) is 4. The second-order valence-corrected chi connectivity index (χ2v) is 4.41. The summed E-state index contributed by atoms with van der Waals surface area (Å²) in [5, 5.41) is 30.7. The molecule has 106 valence electrons. The number of benzene rings is 1. The van der Waals surface area contributed by atoms with Crippen LogP contribution in [0.15, 0.2) is 18.2 Å². The van der Waals surface area contributed by atoms with E-state index in [0.717, 1.165) is 5.56 Å². The highest BCUT2D eigenvalue weighted by Crippen LogP contribution is 2.32. The number of rotatable bonds is 6. The normalized spacial score (nSPS) is 17.0. The van der Waals surface area contributed by atoms with E-state index in [0.29, 0.717) is 24.7 Å². The van der Waals surface area contributed by atoms with E-state index in [1.807, 2.05) is 0 Å². The van der Waals surface area contributed by atoms with E-state index in [-0.39, 0.29) is 19.7 Å². The number of aliphatic hydroxyl groups excluding tert-OH is 3. The fraction of sp³-hybridized carbons (Fsp3) is 0.538. The zero-order valence-electron chi connectivity index (χ0n) is 10.6. The monoisotopic (exact) mass is 269 g/mol. The summed E-state index contributed by atoms with van der Waals surface area (Å²) in [7, 11) is 0. The van der Waals surface area contributed by atoms with Gasteiger partial charge in [-0.15, -0.1) is 0 Å². The summed E-state index contributed by atoms with van der Waals surface area (Å²) >= 11 is 0. The Labute approximate surface area is 111 Å². The molecule has 4 N–H and O–H groups in total. The molecular weight excluding hydrogens is 250 g/mol. The van der Waals surface area contributed by atoms with E-state index >= 15 is 0 Å². The van der Waals surface area contributed by atoms with Crippen molar-refractivity contribution < 1.29 is 24.8 Å². The van der Waals surface area contributed by atoms with Gasteiger partial charge in [-0.3, -0.25) is 0 Å². The van der Waals surface area contributed by atoms with E-state index in [4.69, 9.17) is 19.7 Å². The summed E-state index contributed by atoms with van der Waals surface area (Å²) < 4.78 is 10.8. The van der Waals surface area contributed by atoms with Crippen LogP contribution >= 0.6 is 0 Å². The summed E-state index contributed by atoms with van der Waals surface area (Å²) in [5.41, 5.74) is 0.718. The van der Waals surface area contributed by atoms with E-state index in [1.54, 1.807) is 18.2 Å². The lowest BCUT2D eigenvalue weighted by atomic mass is 10.1. The third kappa shape index (κ3) is 3.81. The molecule has 6 heteroatoms. The highest BCUT2D eigenvalue weighted by atomic mass is 16.6. The standard InChI is InChI=1S/C13H19NO5/c15-8-10(16)6-14-7-11(17)9-1-2-12-13(5-9)19-4-3-18-12/h1-2,5,10-11,14-17H,3-4,6-8H2. The molecule has 0 spiro atoms. The lowest BCUT2D eigenvalue weighted by Gasteiger charge is -2.20. The molecule has 0 amide bonds. The third-order valence-corrected chi connectivity index (χ3v) is 2.88. The van der Waals surface area contributed by atoms with Crippen LogP contribution in [0.4, 0.5) is 0 Å². The van der Waals surface area contributed by atoms with Gasteiger partial charge in [0.2, 0.25) is 0 Å². The van der Waals surface area contributed by atoms with E-state index in [1.165, 1.54) is 0 Å². The number of ether oxygens (including phenoxy) is 2. The molecule has 0 aliphatic carbocycles. The molecular formula is C13H19NO5. The van der Waals surface area contributed by atoms with Crippen molar-refractivity contribution in [1.82, 2.24) is 5.32 Å². The Hall–Kier alpha value is -1.34. The van der Waals surface area contributed by atoms with Gasteiger partial charge < -0.3 is 30.1 Å². The molecule has 1 aliphatic rings. The predicted octanol–water partition coefficient (Wildman–Crippen LogP) is -0.566. The molecule has 6 nitrogen and oxygen atoms in total. The van der Waals surface area contributed by atoms with Crippen LogP contribution in [-0.4, -0.2) is 54.3 Å². The van der Waals surface area contributed by atoms with Crippen molar-refractivity contribution in [3.05, 3.63) is 23.8 Å². The Kier molecular flexibility index (Phi) is 4.98. The molecule has 0 saturated carbocycles. The molecule has 1 aliphatic heterocycles. The second-order valence-electron chi connectivity index (χ2n) is 4.41. The van der Waals surface area contributed by atoms with Crippen molar-refractivity contribution in [1.29, 1.82) is 0 Å². The minimum absolute atomic E-state index is 0.234. The van der Waals surface area contributed by atoms with Crippen LogP contribution < -0.4 is 14.8 Å². The van der Waals surface area contributed by atoms with Crippen LogP contribution in [-0.2, 0) is 0 Å². The van der Waals surface area contributed by atoms with Gasteiger partial charge in [0.15, 0.2) is 11.5 Å². The zero-order chi connectivity index (χ0) is 13.7. The molecule has 0 fully saturated rings.